The Morgan fingerprint density at radius 1 is 1.35 bits per heavy atom. The lowest BCUT2D eigenvalue weighted by Crippen LogP contribution is -2.34. The lowest BCUT2D eigenvalue weighted by Gasteiger charge is -2.24. The zero-order chi connectivity index (χ0) is 16.4. The third kappa shape index (κ3) is 3.24. The van der Waals surface area contributed by atoms with E-state index >= 15 is 0 Å². The summed E-state index contributed by atoms with van der Waals surface area (Å²) in [5, 5.41) is 13.4. The zero-order valence-corrected chi connectivity index (χ0v) is 13.2. The Bertz CT molecular complexity index is 813. The van der Waals surface area contributed by atoms with Crippen molar-refractivity contribution < 1.29 is 9.53 Å². The third-order valence-corrected chi connectivity index (χ3v) is 4.20. The number of fused-ring (bicyclic) bond motifs is 1. The molecule has 0 saturated carbocycles. The first-order valence-corrected chi connectivity index (χ1v) is 7.79. The van der Waals surface area contributed by atoms with Crippen molar-refractivity contribution in [3.8, 4) is 11.8 Å². The molecule has 1 aliphatic heterocycles. The summed E-state index contributed by atoms with van der Waals surface area (Å²) in [6.45, 7) is 5.31. The smallest absolute Gasteiger partial charge is 0.219 e. The van der Waals surface area contributed by atoms with Gasteiger partial charge in [-0.25, -0.2) is 0 Å². The highest BCUT2D eigenvalue weighted by molar-refractivity contribution is 6.32. The number of nitrogens with one attached hydrogen (secondary N) is 2. The molecule has 1 aliphatic rings. The van der Waals surface area contributed by atoms with E-state index in [0.717, 1.165) is 36.8 Å². The number of halogens is 1. The van der Waals surface area contributed by atoms with Crippen molar-refractivity contribution in [2.45, 2.75) is 18.9 Å². The van der Waals surface area contributed by atoms with Crippen molar-refractivity contribution in [3.05, 3.63) is 41.1 Å². The number of rotatable bonds is 4. The van der Waals surface area contributed by atoms with Gasteiger partial charge in [0.05, 0.1) is 16.3 Å². The number of carbonyl (C=O) groups is 1. The van der Waals surface area contributed by atoms with E-state index in [1.807, 2.05) is 6.07 Å². The van der Waals surface area contributed by atoms with Gasteiger partial charge in [-0.3, -0.25) is 4.79 Å². The molecule has 1 fully saturated rings. The molecule has 0 radical (unpaired) electrons. The minimum absolute atomic E-state index is 0.103. The molecule has 6 heteroatoms. The number of hydrogen-bond donors (Lipinski definition) is 2. The maximum absolute atomic E-state index is 12.0. The number of hydrogen-bond acceptors (Lipinski definition) is 4. The minimum atomic E-state index is -0.416. The van der Waals surface area contributed by atoms with Crippen LogP contribution in [0.1, 0.15) is 23.3 Å². The van der Waals surface area contributed by atoms with Crippen LogP contribution >= 0.6 is 11.6 Å². The van der Waals surface area contributed by atoms with Crippen molar-refractivity contribution in [1.29, 1.82) is 5.26 Å². The predicted octanol–water partition coefficient (Wildman–Crippen LogP) is 3.21. The Balaban J connectivity index is 1.89. The molecule has 2 heterocycles. The van der Waals surface area contributed by atoms with Gasteiger partial charge in [-0.15, -0.1) is 0 Å². The number of allylic oxidation sites excluding steroid dienone is 1. The van der Waals surface area contributed by atoms with Gasteiger partial charge >= 0.3 is 0 Å². The van der Waals surface area contributed by atoms with Crippen LogP contribution in [0.4, 0.5) is 0 Å². The van der Waals surface area contributed by atoms with Crippen LogP contribution in [0.25, 0.3) is 10.9 Å². The fourth-order valence-electron chi connectivity index (χ4n) is 2.65. The van der Waals surface area contributed by atoms with Gasteiger partial charge in [0, 0.05) is 10.9 Å². The van der Waals surface area contributed by atoms with Crippen LogP contribution in [-0.4, -0.2) is 30.0 Å². The molecule has 1 aromatic carbocycles. The van der Waals surface area contributed by atoms with Crippen molar-refractivity contribution in [3.63, 3.8) is 0 Å². The van der Waals surface area contributed by atoms with Gasteiger partial charge in [-0.05, 0) is 44.1 Å². The van der Waals surface area contributed by atoms with Gasteiger partial charge in [0.25, 0.3) is 0 Å². The van der Waals surface area contributed by atoms with E-state index in [1.165, 1.54) is 0 Å². The number of nitrogens with zero attached hydrogens (tertiary/aromatic N) is 1. The molecule has 0 spiro atoms. The highest BCUT2D eigenvalue weighted by atomic mass is 35.5. The van der Waals surface area contributed by atoms with Crippen LogP contribution in [0.2, 0.25) is 5.02 Å². The Morgan fingerprint density at radius 3 is 2.78 bits per heavy atom. The molecule has 1 saturated heterocycles. The predicted molar refractivity (Wildman–Crippen MR) is 88.9 cm³/mol. The molecule has 2 aromatic rings. The van der Waals surface area contributed by atoms with Gasteiger partial charge in [0.1, 0.15) is 17.9 Å². The van der Waals surface area contributed by atoms with Gasteiger partial charge in [0.15, 0.2) is 0 Å². The first-order valence-electron chi connectivity index (χ1n) is 7.42. The van der Waals surface area contributed by atoms with E-state index in [-0.39, 0.29) is 11.7 Å². The fraction of sp³-hybridized carbons (Fsp3) is 0.294. The van der Waals surface area contributed by atoms with Crippen LogP contribution in [0, 0.1) is 11.3 Å². The standard InChI is InChI=1S/C17H16ClN3O2/c1-10(9-19)17(22)15-6-11-7-16(13(18)8-14(11)21-15)23-12-2-4-20-5-3-12/h6-8,12,20-21H,1-5H2. The van der Waals surface area contributed by atoms with Crippen LogP contribution in [0.5, 0.6) is 5.75 Å². The molecular weight excluding hydrogens is 314 g/mol. The summed E-state index contributed by atoms with van der Waals surface area (Å²) in [7, 11) is 0. The molecule has 118 valence electrons. The number of nitriles is 1. The Hall–Kier alpha value is -2.29. The summed E-state index contributed by atoms with van der Waals surface area (Å²) in [5.74, 6) is 0.198. The van der Waals surface area contributed by atoms with E-state index in [9.17, 15) is 4.79 Å². The second-order valence-corrected chi connectivity index (χ2v) is 5.95. The fourth-order valence-corrected chi connectivity index (χ4v) is 2.86. The van der Waals surface area contributed by atoms with Gasteiger partial charge in [-0.2, -0.15) is 5.26 Å². The van der Waals surface area contributed by atoms with E-state index < -0.39 is 5.78 Å². The average Bonchev–Trinajstić information content (AvgIpc) is 2.97. The maximum atomic E-state index is 12.0. The maximum Gasteiger partial charge on any atom is 0.219 e. The summed E-state index contributed by atoms with van der Waals surface area (Å²) in [4.78, 5) is 15.0. The lowest BCUT2D eigenvalue weighted by atomic mass is 10.1. The van der Waals surface area contributed by atoms with Gasteiger partial charge < -0.3 is 15.0 Å². The number of ketones is 1. The zero-order valence-electron chi connectivity index (χ0n) is 12.5. The van der Waals surface area contributed by atoms with Gasteiger partial charge in [-0.1, -0.05) is 18.2 Å². The number of Topliss-reactive ketones (excluding diaryl/α,β-unsaturated/α-hetero) is 1. The molecule has 3 rings (SSSR count). The quantitative estimate of drug-likeness (QED) is 0.513. The van der Waals surface area contributed by atoms with Crippen molar-refractivity contribution in [2.75, 3.05) is 13.1 Å². The van der Waals surface area contributed by atoms with Crippen LogP contribution in [0.15, 0.2) is 30.4 Å². The first kappa shape index (κ1) is 15.6. The van der Waals surface area contributed by atoms with Crippen LogP contribution in [0.3, 0.4) is 0 Å². The number of aromatic nitrogens is 1. The average molecular weight is 330 g/mol. The van der Waals surface area contributed by atoms with E-state index in [0.29, 0.717) is 16.5 Å². The second kappa shape index (κ2) is 6.45. The summed E-state index contributed by atoms with van der Waals surface area (Å²) in [6, 6.07) is 7.01. The monoisotopic (exact) mass is 329 g/mol. The molecule has 2 N–H and O–H groups in total. The van der Waals surface area contributed by atoms with E-state index in [4.69, 9.17) is 21.6 Å². The second-order valence-electron chi connectivity index (χ2n) is 5.54. The number of H-pyrrole nitrogens is 1. The molecule has 0 aliphatic carbocycles. The first-order chi connectivity index (χ1) is 11.1. The number of benzene rings is 1. The van der Waals surface area contributed by atoms with Crippen molar-refractivity contribution in [2.24, 2.45) is 0 Å². The van der Waals surface area contributed by atoms with Crippen LogP contribution in [-0.2, 0) is 0 Å². The number of ether oxygens (including phenoxy) is 1. The SMILES string of the molecule is C=C(C#N)C(=O)c1cc2cc(OC3CCNCC3)c(Cl)cc2[nH]1. The van der Waals surface area contributed by atoms with Crippen molar-refractivity contribution >= 4 is 28.3 Å². The Labute approximate surface area is 138 Å². The highest BCUT2D eigenvalue weighted by Gasteiger charge is 2.18. The van der Waals surface area contributed by atoms with E-state index in [2.05, 4.69) is 16.9 Å². The van der Waals surface area contributed by atoms with Gasteiger partial charge in [0.2, 0.25) is 5.78 Å². The molecule has 23 heavy (non-hydrogen) atoms. The van der Waals surface area contributed by atoms with Crippen LogP contribution < -0.4 is 10.1 Å². The highest BCUT2D eigenvalue weighted by Crippen LogP contribution is 2.32. The Morgan fingerprint density at radius 2 is 2.09 bits per heavy atom. The summed E-state index contributed by atoms with van der Waals surface area (Å²) in [6.07, 6.45) is 2.02. The minimum Gasteiger partial charge on any atom is -0.489 e. The lowest BCUT2D eigenvalue weighted by molar-refractivity contribution is 0.103. The molecule has 5 nitrogen and oxygen atoms in total. The molecule has 0 unspecified atom stereocenters. The molecule has 0 atom stereocenters. The summed E-state index contributed by atoms with van der Waals surface area (Å²) >= 11 is 6.29. The number of carbonyl (C=O) groups excluding carboxylic acids is 1. The molecule has 1 aromatic heterocycles. The number of piperidine rings is 1. The molecule has 0 bridgehead atoms. The molecule has 0 amide bonds. The number of aromatic amines is 1. The third-order valence-electron chi connectivity index (χ3n) is 3.91. The summed E-state index contributed by atoms with van der Waals surface area (Å²) in [5.41, 5.74) is 0.942. The topological polar surface area (TPSA) is 77.9 Å². The Kier molecular flexibility index (Phi) is 4.37. The molecular formula is C17H16ClN3O2. The largest absolute Gasteiger partial charge is 0.489 e. The van der Waals surface area contributed by atoms with Crippen molar-refractivity contribution in [1.82, 2.24) is 10.3 Å². The van der Waals surface area contributed by atoms with E-state index in [1.54, 1.807) is 18.2 Å². The summed E-state index contributed by atoms with van der Waals surface area (Å²) < 4.78 is 5.99. The normalized spacial score (nSPS) is 15.3.